The maximum Gasteiger partial charge on any atom is 0.164 e. The molecule has 3 N–H and O–H groups in total. The average molecular weight is 450 g/mol. The number of aliphatic hydroxyl groups is 2. The molecule has 5 rings (SSSR count). The van der Waals surface area contributed by atoms with Crippen LogP contribution in [0.1, 0.15) is 13.2 Å². The van der Waals surface area contributed by atoms with E-state index in [-0.39, 0.29) is 5.82 Å². The lowest BCUT2D eigenvalue weighted by Gasteiger charge is -2.17. The molecule has 0 bridgehead atoms. The van der Waals surface area contributed by atoms with Crippen LogP contribution in [-0.4, -0.2) is 50.2 Å². The standard InChI is InChI=1S/C24H23FN4O4/c1-13-20(30)21(31)24(33-13)29-11-18(14-3-9-17(32-2)10-4-14)19-22(26-12-27-23(19)29)28-16-7-5-15(25)6-8-16/h3-13,20-21,24,30-31H,1-2H3,(H,26,27,28)/t13-,20-,21-,24-/m1/s1. The molecule has 1 saturated heterocycles. The number of nitrogens with zero attached hydrogens (tertiary/aromatic N) is 3. The van der Waals surface area contributed by atoms with E-state index in [0.29, 0.717) is 22.5 Å². The molecule has 1 aliphatic rings. The smallest absolute Gasteiger partial charge is 0.164 e. The summed E-state index contributed by atoms with van der Waals surface area (Å²) in [6.45, 7) is 1.71. The molecule has 1 aliphatic heterocycles. The highest BCUT2D eigenvalue weighted by molar-refractivity contribution is 6.02. The van der Waals surface area contributed by atoms with Gasteiger partial charge in [-0.1, -0.05) is 12.1 Å². The lowest BCUT2D eigenvalue weighted by Crippen LogP contribution is -2.30. The molecule has 1 fully saturated rings. The Bertz CT molecular complexity index is 1280. The van der Waals surface area contributed by atoms with Gasteiger partial charge in [-0.3, -0.25) is 0 Å². The normalized spacial score (nSPS) is 22.6. The highest BCUT2D eigenvalue weighted by atomic mass is 19.1. The fraction of sp³-hybridized carbons (Fsp3) is 0.250. The first kappa shape index (κ1) is 21.3. The Hall–Kier alpha value is -3.53. The molecule has 8 nitrogen and oxygen atoms in total. The predicted molar refractivity (Wildman–Crippen MR) is 121 cm³/mol. The van der Waals surface area contributed by atoms with Crippen LogP contribution in [0.4, 0.5) is 15.9 Å². The predicted octanol–water partition coefficient (Wildman–Crippen LogP) is 3.63. The largest absolute Gasteiger partial charge is 0.497 e. The number of benzene rings is 2. The Balaban J connectivity index is 1.68. The third-order valence-corrected chi connectivity index (χ3v) is 5.87. The SMILES string of the molecule is COc1ccc(-c2cn([C@@H]3O[C@H](C)[C@@H](O)[C@H]3O)c3ncnc(Nc4ccc(F)cc4)c23)cc1. The number of methoxy groups -OCH3 is 1. The van der Waals surface area contributed by atoms with Gasteiger partial charge < -0.3 is 29.6 Å². The van der Waals surface area contributed by atoms with Crippen LogP contribution in [0.5, 0.6) is 5.75 Å². The Morgan fingerprint density at radius 3 is 2.39 bits per heavy atom. The number of aliphatic hydroxyl groups excluding tert-OH is 2. The van der Waals surface area contributed by atoms with E-state index >= 15 is 0 Å². The van der Waals surface area contributed by atoms with Gasteiger partial charge in [0.05, 0.1) is 18.6 Å². The zero-order valence-corrected chi connectivity index (χ0v) is 18.0. The quantitative estimate of drug-likeness (QED) is 0.427. The zero-order chi connectivity index (χ0) is 23.1. The average Bonchev–Trinajstić information content (AvgIpc) is 3.34. The second kappa shape index (κ2) is 8.43. The number of hydrogen-bond acceptors (Lipinski definition) is 7. The second-order valence-corrected chi connectivity index (χ2v) is 7.94. The maximum absolute atomic E-state index is 13.4. The molecular formula is C24H23FN4O4. The van der Waals surface area contributed by atoms with Crippen LogP contribution in [-0.2, 0) is 4.74 Å². The number of nitrogens with one attached hydrogen (secondary N) is 1. The molecule has 170 valence electrons. The molecule has 3 heterocycles. The summed E-state index contributed by atoms with van der Waals surface area (Å²) in [5, 5.41) is 24.8. The Labute approximate surface area is 189 Å². The van der Waals surface area contributed by atoms with Gasteiger partial charge in [0.1, 0.15) is 41.6 Å². The minimum atomic E-state index is -1.12. The van der Waals surface area contributed by atoms with Gasteiger partial charge in [-0.2, -0.15) is 0 Å². The Kier molecular flexibility index (Phi) is 5.45. The fourth-order valence-electron chi connectivity index (χ4n) is 4.09. The summed E-state index contributed by atoms with van der Waals surface area (Å²) in [4.78, 5) is 8.89. The van der Waals surface area contributed by atoms with E-state index in [9.17, 15) is 14.6 Å². The summed E-state index contributed by atoms with van der Waals surface area (Å²) in [5.41, 5.74) is 2.84. The van der Waals surface area contributed by atoms with Crippen LogP contribution in [0.25, 0.3) is 22.2 Å². The zero-order valence-electron chi connectivity index (χ0n) is 18.0. The highest BCUT2D eigenvalue weighted by Crippen LogP contribution is 2.39. The number of halogens is 1. The van der Waals surface area contributed by atoms with Crippen molar-refractivity contribution in [2.24, 2.45) is 0 Å². The van der Waals surface area contributed by atoms with Gasteiger partial charge in [-0.25, -0.2) is 14.4 Å². The first-order valence-corrected chi connectivity index (χ1v) is 10.5. The Morgan fingerprint density at radius 1 is 1.03 bits per heavy atom. The monoisotopic (exact) mass is 450 g/mol. The van der Waals surface area contributed by atoms with Crippen molar-refractivity contribution in [3.8, 4) is 16.9 Å². The third-order valence-electron chi connectivity index (χ3n) is 5.87. The molecule has 0 unspecified atom stereocenters. The maximum atomic E-state index is 13.4. The van der Waals surface area contributed by atoms with E-state index in [2.05, 4.69) is 15.3 Å². The molecule has 0 saturated carbocycles. The lowest BCUT2D eigenvalue weighted by atomic mass is 10.1. The number of rotatable bonds is 5. The van der Waals surface area contributed by atoms with Crippen LogP contribution in [0, 0.1) is 5.82 Å². The molecule has 9 heteroatoms. The van der Waals surface area contributed by atoms with E-state index < -0.39 is 24.5 Å². The second-order valence-electron chi connectivity index (χ2n) is 7.94. The number of ether oxygens (including phenoxy) is 2. The fourth-order valence-corrected chi connectivity index (χ4v) is 4.09. The summed E-state index contributed by atoms with van der Waals surface area (Å²) in [5.74, 6) is 0.894. The van der Waals surface area contributed by atoms with E-state index in [1.54, 1.807) is 30.7 Å². The highest BCUT2D eigenvalue weighted by Gasteiger charge is 2.42. The van der Waals surface area contributed by atoms with Crippen molar-refractivity contribution < 1.29 is 24.1 Å². The van der Waals surface area contributed by atoms with Crippen LogP contribution >= 0.6 is 0 Å². The van der Waals surface area contributed by atoms with Gasteiger partial charge >= 0.3 is 0 Å². The third kappa shape index (κ3) is 3.80. The van der Waals surface area contributed by atoms with E-state index in [4.69, 9.17) is 9.47 Å². The van der Waals surface area contributed by atoms with Gasteiger partial charge in [-0.05, 0) is 48.9 Å². The van der Waals surface area contributed by atoms with Crippen molar-refractivity contribution in [2.45, 2.75) is 31.5 Å². The molecule has 0 aliphatic carbocycles. The van der Waals surface area contributed by atoms with E-state index in [1.807, 2.05) is 30.5 Å². The number of hydrogen-bond donors (Lipinski definition) is 3. The summed E-state index contributed by atoms with van der Waals surface area (Å²) >= 11 is 0. The first-order valence-electron chi connectivity index (χ1n) is 10.5. The minimum absolute atomic E-state index is 0.335. The van der Waals surface area contributed by atoms with Crippen LogP contribution in [0.15, 0.2) is 61.1 Å². The summed E-state index contributed by atoms with van der Waals surface area (Å²) in [6, 6.07) is 13.5. The molecule has 0 amide bonds. The van der Waals surface area contributed by atoms with Crippen molar-refractivity contribution in [1.82, 2.24) is 14.5 Å². The van der Waals surface area contributed by atoms with E-state index in [0.717, 1.165) is 16.9 Å². The van der Waals surface area contributed by atoms with Crippen LogP contribution < -0.4 is 10.1 Å². The molecule has 0 radical (unpaired) electrons. The van der Waals surface area contributed by atoms with Gasteiger partial charge in [-0.15, -0.1) is 0 Å². The van der Waals surface area contributed by atoms with Crippen LogP contribution in [0.3, 0.4) is 0 Å². The summed E-state index contributed by atoms with van der Waals surface area (Å²) in [7, 11) is 1.60. The topological polar surface area (TPSA) is 102 Å². The number of fused-ring (bicyclic) bond motifs is 1. The molecule has 0 spiro atoms. The number of anilines is 2. The molecule has 4 atom stereocenters. The van der Waals surface area contributed by atoms with Crippen molar-refractivity contribution in [1.29, 1.82) is 0 Å². The van der Waals surface area contributed by atoms with Gasteiger partial charge in [0.15, 0.2) is 6.23 Å². The van der Waals surface area contributed by atoms with Crippen molar-refractivity contribution in [3.05, 3.63) is 66.9 Å². The van der Waals surface area contributed by atoms with Crippen molar-refractivity contribution in [3.63, 3.8) is 0 Å². The van der Waals surface area contributed by atoms with Crippen LogP contribution in [0.2, 0.25) is 0 Å². The molecule has 4 aromatic rings. The lowest BCUT2D eigenvalue weighted by molar-refractivity contribution is -0.0295. The molecule has 33 heavy (non-hydrogen) atoms. The minimum Gasteiger partial charge on any atom is -0.497 e. The molecule has 2 aromatic carbocycles. The Morgan fingerprint density at radius 2 is 1.76 bits per heavy atom. The summed E-state index contributed by atoms with van der Waals surface area (Å²) in [6.07, 6.45) is -0.263. The van der Waals surface area contributed by atoms with Gasteiger partial charge in [0, 0.05) is 17.4 Å². The first-order chi connectivity index (χ1) is 16.0. The van der Waals surface area contributed by atoms with Gasteiger partial charge in [0.2, 0.25) is 0 Å². The van der Waals surface area contributed by atoms with E-state index in [1.165, 1.54) is 18.5 Å². The van der Waals surface area contributed by atoms with Crippen molar-refractivity contribution >= 4 is 22.5 Å². The van der Waals surface area contributed by atoms with Gasteiger partial charge in [0.25, 0.3) is 0 Å². The van der Waals surface area contributed by atoms with Crippen molar-refractivity contribution in [2.75, 3.05) is 12.4 Å². The summed E-state index contributed by atoms with van der Waals surface area (Å²) < 4.78 is 26.2. The number of aromatic nitrogens is 3. The molecule has 2 aromatic heterocycles. The molecular weight excluding hydrogens is 427 g/mol.